The van der Waals surface area contributed by atoms with Crippen molar-refractivity contribution in [1.29, 1.82) is 0 Å². The van der Waals surface area contributed by atoms with Crippen LogP contribution in [0, 0.1) is 6.92 Å². The second-order valence-electron chi connectivity index (χ2n) is 5.05. The summed E-state index contributed by atoms with van der Waals surface area (Å²) < 4.78 is 0. The highest BCUT2D eigenvalue weighted by Crippen LogP contribution is 2.23. The smallest absolute Gasteiger partial charge is 0.0207 e. The highest BCUT2D eigenvalue weighted by molar-refractivity contribution is 5.67. The van der Waals surface area contributed by atoms with Gasteiger partial charge in [0.25, 0.3) is 0 Å². The lowest BCUT2D eigenvalue weighted by Gasteiger charge is -2.10. The fourth-order valence-corrected chi connectivity index (χ4v) is 2.02. The average Bonchev–Trinajstić information content (AvgIpc) is 2.38. The van der Waals surface area contributed by atoms with Crippen LogP contribution >= 0.6 is 0 Å². The van der Waals surface area contributed by atoms with Crippen LogP contribution in [0.15, 0.2) is 48.5 Å². The fraction of sp³-hybridized carbons (Fsp3) is 0.294. The number of benzene rings is 2. The number of hydrogen-bond donors (Lipinski definition) is 1. The van der Waals surface area contributed by atoms with Crippen molar-refractivity contribution < 1.29 is 0 Å². The third-order valence-electron chi connectivity index (χ3n) is 3.12. The summed E-state index contributed by atoms with van der Waals surface area (Å²) in [4.78, 5) is 0. The molecule has 0 saturated heterocycles. The van der Waals surface area contributed by atoms with Gasteiger partial charge in [-0.05, 0) is 29.2 Å². The summed E-state index contributed by atoms with van der Waals surface area (Å²) in [6.07, 6.45) is 0. The molecule has 18 heavy (non-hydrogen) atoms. The zero-order valence-corrected chi connectivity index (χ0v) is 11.4. The molecule has 0 unspecified atom stereocenters. The summed E-state index contributed by atoms with van der Waals surface area (Å²) >= 11 is 0. The molecule has 0 fully saturated rings. The zero-order chi connectivity index (χ0) is 13.0. The van der Waals surface area contributed by atoms with Crippen LogP contribution in [0.25, 0.3) is 11.1 Å². The van der Waals surface area contributed by atoms with Crippen molar-refractivity contribution in [2.24, 2.45) is 0 Å². The molecule has 0 radical (unpaired) electrons. The number of nitrogens with one attached hydrogen (secondary N) is 1. The van der Waals surface area contributed by atoms with E-state index in [1.807, 2.05) is 0 Å². The van der Waals surface area contributed by atoms with E-state index in [9.17, 15) is 0 Å². The van der Waals surface area contributed by atoms with Gasteiger partial charge >= 0.3 is 0 Å². The predicted molar refractivity (Wildman–Crippen MR) is 78.6 cm³/mol. The van der Waals surface area contributed by atoms with E-state index in [2.05, 4.69) is 74.6 Å². The Morgan fingerprint density at radius 2 is 1.61 bits per heavy atom. The maximum atomic E-state index is 3.43. The van der Waals surface area contributed by atoms with E-state index in [4.69, 9.17) is 0 Å². The Morgan fingerprint density at radius 1 is 0.944 bits per heavy atom. The van der Waals surface area contributed by atoms with Crippen LogP contribution < -0.4 is 5.32 Å². The molecule has 0 saturated carbocycles. The number of hydrogen-bond acceptors (Lipinski definition) is 1. The van der Waals surface area contributed by atoms with Gasteiger partial charge in [-0.2, -0.15) is 0 Å². The van der Waals surface area contributed by atoms with Crippen molar-refractivity contribution in [1.82, 2.24) is 5.32 Å². The Bertz CT molecular complexity index is 497. The topological polar surface area (TPSA) is 12.0 Å². The SMILES string of the molecule is Cc1ccccc1-c1ccc(CNC(C)C)cc1. The van der Waals surface area contributed by atoms with Crippen LogP contribution in [-0.4, -0.2) is 6.04 Å². The first kappa shape index (κ1) is 12.8. The normalized spacial score (nSPS) is 10.9. The molecule has 2 aromatic rings. The first-order valence-corrected chi connectivity index (χ1v) is 6.55. The van der Waals surface area contributed by atoms with Crippen LogP contribution in [0.2, 0.25) is 0 Å². The van der Waals surface area contributed by atoms with Crippen LogP contribution in [0.1, 0.15) is 25.0 Å². The highest BCUT2D eigenvalue weighted by atomic mass is 14.9. The van der Waals surface area contributed by atoms with E-state index in [0.717, 1.165) is 6.54 Å². The molecule has 1 heteroatoms. The summed E-state index contributed by atoms with van der Waals surface area (Å²) in [5.41, 5.74) is 5.27. The standard InChI is InChI=1S/C17H21N/c1-13(2)18-12-15-8-10-16(11-9-15)17-7-5-4-6-14(17)3/h4-11,13,18H,12H2,1-3H3. The van der Waals surface area contributed by atoms with Crippen LogP contribution in [0.3, 0.4) is 0 Å². The minimum absolute atomic E-state index is 0.529. The summed E-state index contributed by atoms with van der Waals surface area (Å²) in [6.45, 7) is 7.43. The lowest BCUT2D eigenvalue weighted by molar-refractivity contribution is 0.589. The van der Waals surface area contributed by atoms with Gasteiger partial charge in [0.1, 0.15) is 0 Å². The van der Waals surface area contributed by atoms with Crippen molar-refractivity contribution in [2.75, 3.05) is 0 Å². The molecular formula is C17H21N. The molecule has 0 bridgehead atoms. The van der Waals surface area contributed by atoms with Gasteiger partial charge in [0.2, 0.25) is 0 Å². The second-order valence-corrected chi connectivity index (χ2v) is 5.05. The fourth-order valence-electron chi connectivity index (χ4n) is 2.02. The van der Waals surface area contributed by atoms with Gasteiger partial charge in [-0.25, -0.2) is 0 Å². The third-order valence-corrected chi connectivity index (χ3v) is 3.12. The predicted octanol–water partition coefficient (Wildman–Crippen LogP) is 4.16. The molecule has 2 aromatic carbocycles. The van der Waals surface area contributed by atoms with Crippen molar-refractivity contribution >= 4 is 0 Å². The van der Waals surface area contributed by atoms with E-state index in [-0.39, 0.29) is 0 Å². The molecule has 0 atom stereocenters. The minimum Gasteiger partial charge on any atom is -0.310 e. The van der Waals surface area contributed by atoms with Gasteiger partial charge in [-0.15, -0.1) is 0 Å². The average molecular weight is 239 g/mol. The Balaban J connectivity index is 2.15. The summed E-state index contributed by atoms with van der Waals surface area (Å²) in [5, 5.41) is 3.43. The summed E-state index contributed by atoms with van der Waals surface area (Å²) in [7, 11) is 0. The van der Waals surface area contributed by atoms with Crippen LogP contribution in [0.4, 0.5) is 0 Å². The molecule has 0 heterocycles. The number of rotatable bonds is 4. The van der Waals surface area contributed by atoms with E-state index in [1.165, 1.54) is 22.3 Å². The molecule has 0 spiro atoms. The van der Waals surface area contributed by atoms with E-state index in [0.29, 0.717) is 6.04 Å². The first-order valence-electron chi connectivity index (χ1n) is 6.55. The van der Waals surface area contributed by atoms with Gasteiger partial charge in [0, 0.05) is 12.6 Å². The highest BCUT2D eigenvalue weighted by Gasteiger charge is 2.01. The van der Waals surface area contributed by atoms with Crippen molar-refractivity contribution in [2.45, 2.75) is 33.4 Å². The zero-order valence-electron chi connectivity index (χ0n) is 11.4. The Kier molecular flexibility index (Phi) is 4.16. The second kappa shape index (κ2) is 5.83. The molecule has 94 valence electrons. The number of aryl methyl sites for hydroxylation is 1. The van der Waals surface area contributed by atoms with E-state index < -0.39 is 0 Å². The van der Waals surface area contributed by atoms with E-state index >= 15 is 0 Å². The largest absolute Gasteiger partial charge is 0.310 e. The van der Waals surface area contributed by atoms with Crippen molar-refractivity contribution in [3.63, 3.8) is 0 Å². The first-order chi connectivity index (χ1) is 8.66. The maximum absolute atomic E-state index is 3.43. The summed E-state index contributed by atoms with van der Waals surface area (Å²) in [5.74, 6) is 0. The Morgan fingerprint density at radius 3 is 2.22 bits per heavy atom. The monoisotopic (exact) mass is 239 g/mol. The molecule has 0 aliphatic rings. The lowest BCUT2D eigenvalue weighted by atomic mass is 9.99. The Labute approximate surface area is 110 Å². The Hall–Kier alpha value is -1.60. The molecule has 1 N–H and O–H groups in total. The minimum atomic E-state index is 0.529. The molecule has 1 nitrogen and oxygen atoms in total. The quantitative estimate of drug-likeness (QED) is 0.844. The third kappa shape index (κ3) is 3.21. The van der Waals surface area contributed by atoms with Gasteiger partial charge in [-0.1, -0.05) is 62.4 Å². The van der Waals surface area contributed by atoms with E-state index in [1.54, 1.807) is 0 Å². The van der Waals surface area contributed by atoms with Gasteiger partial charge in [-0.3, -0.25) is 0 Å². The summed E-state index contributed by atoms with van der Waals surface area (Å²) in [6, 6.07) is 17.9. The van der Waals surface area contributed by atoms with Gasteiger partial charge in [0.05, 0.1) is 0 Å². The molecule has 0 aliphatic heterocycles. The van der Waals surface area contributed by atoms with Crippen molar-refractivity contribution in [3.8, 4) is 11.1 Å². The molecule has 0 aromatic heterocycles. The molecule has 2 rings (SSSR count). The van der Waals surface area contributed by atoms with Gasteiger partial charge < -0.3 is 5.32 Å². The van der Waals surface area contributed by atoms with Gasteiger partial charge in [0.15, 0.2) is 0 Å². The molecule has 0 amide bonds. The lowest BCUT2D eigenvalue weighted by Crippen LogP contribution is -2.21. The maximum Gasteiger partial charge on any atom is 0.0207 e. The van der Waals surface area contributed by atoms with Crippen LogP contribution in [-0.2, 0) is 6.54 Å². The molecule has 0 aliphatic carbocycles. The molecular weight excluding hydrogens is 218 g/mol. The van der Waals surface area contributed by atoms with Crippen molar-refractivity contribution in [3.05, 3.63) is 59.7 Å². The van der Waals surface area contributed by atoms with Crippen LogP contribution in [0.5, 0.6) is 0 Å².